The average Bonchev–Trinajstić information content (AvgIpc) is 3.00. The molecule has 1 unspecified atom stereocenters. The summed E-state index contributed by atoms with van der Waals surface area (Å²) in [5.74, 6) is 6.53. The van der Waals surface area contributed by atoms with E-state index in [2.05, 4.69) is 30.6 Å². The molecule has 0 radical (unpaired) electrons. The van der Waals surface area contributed by atoms with Gasteiger partial charge in [-0.3, -0.25) is 10.2 Å². The number of anilines is 3. The molecular weight excluding hydrogens is 272 g/mol. The molecule has 0 aliphatic carbocycles. The summed E-state index contributed by atoms with van der Waals surface area (Å²) in [5.41, 5.74) is 2.43. The maximum Gasteiger partial charge on any atom is 0.244 e. The zero-order valence-corrected chi connectivity index (χ0v) is 12.6. The van der Waals surface area contributed by atoms with Crippen molar-refractivity contribution >= 4 is 23.8 Å². The predicted octanol–water partition coefficient (Wildman–Crippen LogP) is -0.354. The molecule has 2 heterocycles. The number of nitrogens with one attached hydrogen (secondary N) is 2. The van der Waals surface area contributed by atoms with Gasteiger partial charge in [-0.15, -0.1) is 0 Å². The van der Waals surface area contributed by atoms with Crippen LogP contribution in [0.5, 0.6) is 0 Å². The third kappa shape index (κ3) is 3.69. The van der Waals surface area contributed by atoms with Crippen molar-refractivity contribution in [2.45, 2.75) is 25.8 Å². The molecule has 21 heavy (non-hydrogen) atoms. The second kappa shape index (κ2) is 6.53. The fourth-order valence-corrected chi connectivity index (χ4v) is 2.20. The van der Waals surface area contributed by atoms with Gasteiger partial charge >= 0.3 is 0 Å². The number of hydrogen-bond acceptors (Lipinski definition) is 8. The van der Waals surface area contributed by atoms with Gasteiger partial charge in [0.15, 0.2) is 0 Å². The zero-order chi connectivity index (χ0) is 15.4. The standard InChI is InChI=1S/C12H22N8O/c1-8(9(21)19(2)3)14-10-15-11(18-13)17-12(16-10)20-6-4-5-7-20/h8H,4-7,13H2,1-3H3,(H2,14,15,16,17,18). The molecule has 9 heteroatoms. The van der Waals surface area contributed by atoms with Crippen molar-refractivity contribution in [1.82, 2.24) is 19.9 Å². The van der Waals surface area contributed by atoms with Gasteiger partial charge in [-0.05, 0) is 19.8 Å². The highest BCUT2D eigenvalue weighted by molar-refractivity contribution is 5.83. The Bertz CT molecular complexity index is 500. The first-order valence-electron chi connectivity index (χ1n) is 6.96. The van der Waals surface area contributed by atoms with Crippen molar-refractivity contribution < 1.29 is 4.79 Å². The van der Waals surface area contributed by atoms with Gasteiger partial charge in [0.25, 0.3) is 0 Å². The van der Waals surface area contributed by atoms with Crippen molar-refractivity contribution in [2.75, 3.05) is 42.8 Å². The molecule has 1 amide bonds. The number of rotatable bonds is 5. The molecule has 116 valence electrons. The quantitative estimate of drug-likeness (QED) is 0.499. The fourth-order valence-electron chi connectivity index (χ4n) is 2.20. The van der Waals surface area contributed by atoms with E-state index in [-0.39, 0.29) is 11.9 Å². The highest BCUT2D eigenvalue weighted by atomic mass is 16.2. The van der Waals surface area contributed by atoms with E-state index in [0.717, 1.165) is 25.9 Å². The minimum atomic E-state index is -0.431. The Labute approximate surface area is 123 Å². The summed E-state index contributed by atoms with van der Waals surface area (Å²) in [5, 5.41) is 2.99. The first-order chi connectivity index (χ1) is 10.0. The highest BCUT2D eigenvalue weighted by Gasteiger charge is 2.20. The summed E-state index contributed by atoms with van der Waals surface area (Å²) in [7, 11) is 3.41. The van der Waals surface area contributed by atoms with Crippen LogP contribution < -0.4 is 21.5 Å². The second-order valence-electron chi connectivity index (χ2n) is 5.22. The van der Waals surface area contributed by atoms with Crippen LogP contribution in [0.1, 0.15) is 19.8 Å². The molecule has 0 spiro atoms. The lowest BCUT2D eigenvalue weighted by molar-refractivity contribution is -0.129. The van der Waals surface area contributed by atoms with E-state index < -0.39 is 6.04 Å². The molecule has 1 fully saturated rings. The lowest BCUT2D eigenvalue weighted by Crippen LogP contribution is -2.37. The van der Waals surface area contributed by atoms with E-state index in [1.54, 1.807) is 21.0 Å². The van der Waals surface area contributed by atoms with Crippen LogP contribution in [0, 0.1) is 0 Å². The summed E-state index contributed by atoms with van der Waals surface area (Å²) in [6, 6.07) is -0.431. The molecule has 1 aliphatic heterocycles. The van der Waals surface area contributed by atoms with Crippen molar-refractivity contribution in [3.8, 4) is 0 Å². The average molecular weight is 294 g/mol. The summed E-state index contributed by atoms with van der Waals surface area (Å²) in [6.07, 6.45) is 2.24. The first-order valence-corrected chi connectivity index (χ1v) is 6.96. The number of likely N-dealkylation sites (N-methyl/N-ethyl adjacent to an activating group) is 1. The lowest BCUT2D eigenvalue weighted by Gasteiger charge is -2.20. The molecule has 1 aromatic heterocycles. The lowest BCUT2D eigenvalue weighted by atomic mass is 10.3. The van der Waals surface area contributed by atoms with Gasteiger partial charge < -0.3 is 15.1 Å². The number of nitrogen functional groups attached to an aromatic ring is 1. The van der Waals surface area contributed by atoms with Crippen molar-refractivity contribution in [1.29, 1.82) is 0 Å². The molecule has 2 rings (SSSR count). The van der Waals surface area contributed by atoms with Crippen LogP contribution in [0.25, 0.3) is 0 Å². The number of hydrogen-bond donors (Lipinski definition) is 3. The fraction of sp³-hybridized carbons (Fsp3) is 0.667. The van der Waals surface area contributed by atoms with Crippen LogP contribution in [0.2, 0.25) is 0 Å². The largest absolute Gasteiger partial charge is 0.347 e. The Morgan fingerprint density at radius 2 is 1.86 bits per heavy atom. The van der Waals surface area contributed by atoms with Gasteiger partial charge in [0, 0.05) is 27.2 Å². The van der Waals surface area contributed by atoms with Gasteiger partial charge in [0.2, 0.25) is 23.8 Å². The number of aromatic nitrogens is 3. The number of nitrogens with two attached hydrogens (primary N) is 1. The van der Waals surface area contributed by atoms with E-state index in [0.29, 0.717) is 11.9 Å². The van der Waals surface area contributed by atoms with Crippen LogP contribution in [0.15, 0.2) is 0 Å². The Kier molecular flexibility index (Phi) is 4.73. The summed E-state index contributed by atoms with van der Waals surface area (Å²) >= 11 is 0. The van der Waals surface area contributed by atoms with Crippen LogP contribution in [-0.4, -0.2) is 59.0 Å². The van der Waals surface area contributed by atoms with Crippen LogP contribution >= 0.6 is 0 Å². The third-order valence-electron chi connectivity index (χ3n) is 3.30. The molecule has 1 aliphatic rings. The molecule has 0 saturated carbocycles. The third-order valence-corrected chi connectivity index (χ3v) is 3.30. The van der Waals surface area contributed by atoms with Gasteiger partial charge in [0.05, 0.1) is 0 Å². The molecule has 1 atom stereocenters. The van der Waals surface area contributed by atoms with E-state index in [1.165, 1.54) is 4.90 Å². The van der Waals surface area contributed by atoms with Gasteiger partial charge in [-0.1, -0.05) is 0 Å². The Balaban J connectivity index is 2.18. The molecule has 4 N–H and O–H groups in total. The smallest absolute Gasteiger partial charge is 0.244 e. The highest BCUT2D eigenvalue weighted by Crippen LogP contribution is 2.18. The van der Waals surface area contributed by atoms with Crippen LogP contribution in [-0.2, 0) is 4.79 Å². The SMILES string of the molecule is CC(Nc1nc(NN)nc(N2CCCC2)n1)C(=O)N(C)C. The van der Waals surface area contributed by atoms with E-state index in [4.69, 9.17) is 5.84 Å². The maximum atomic E-state index is 11.9. The van der Waals surface area contributed by atoms with E-state index in [9.17, 15) is 4.79 Å². The van der Waals surface area contributed by atoms with E-state index in [1.807, 2.05) is 0 Å². The Morgan fingerprint density at radius 3 is 2.43 bits per heavy atom. The molecular formula is C12H22N8O. The van der Waals surface area contributed by atoms with Crippen molar-refractivity contribution in [3.63, 3.8) is 0 Å². The first kappa shape index (κ1) is 15.2. The minimum absolute atomic E-state index is 0.0552. The van der Waals surface area contributed by atoms with Gasteiger partial charge in [-0.2, -0.15) is 15.0 Å². The normalized spacial score (nSPS) is 15.7. The molecule has 0 aromatic carbocycles. The molecule has 0 bridgehead atoms. The maximum absolute atomic E-state index is 11.9. The van der Waals surface area contributed by atoms with Crippen molar-refractivity contribution in [3.05, 3.63) is 0 Å². The summed E-state index contributed by atoms with van der Waals surface area (Å²) in [4.78, 5) is 28.2. The number of carbonyl (C=O) groups is 1. The predicted molar refractivity (Wildman–Crippen MR) is 80.9 cm³/mol. The number of nitrogens with zero attached hydrogens (tertiary/aromatic N) is 5. The number of amides is 1. The van der Waals surface area contributed by atoms with Crippen molar-refractivity contribution in [2.24, 2.45) is 5.84 Å². The topological polar surface area (TPSA) is 112 Å². The zero-order valence-electron chi connectivity index (χ0n) is 12.6. The Morgan fingerprint density at radius 1 is 1.24 bits per heavy atom. The minimum Gasteiger partial charge on any atom is -0.347 e. The molecule has 9 nitrogen and oxygen atoms in total. The summed E-state index contributed by atoms with van der Waals surface area (Å²) in [6.45, 7) is 3.59. The van der Waals surface area contributed by atoms with E-state index >= 15 is 0 Å². The number of hydrazine groups is 1. The molecule has 1 aromatic rings. The van der Waals surface area contributed by atoms with Gasteiger partial charge in [-0.25, -0.2) is 5.84 Å². The van der Waals surface area contributed by atoms with Crippen LogP contribution in [0.4, 0.5) is 17.8 Å². The second-order valence-corrected chi connectivity index (χ2v) is 5.22. The number of carbonyl (C=O) groups excluding carboxylic acids is 1. The Hall–Kier alpha value is -2.16. The van der Waals surface area contributed by atoms with Crippen LogP contribution in [0.3, 0.4) is 0 Å². The monoisotopic (exact) mass is 294 g/mol. The van der Waals surface area contributed by atoms with Gasteiger partial charge in [0.1, 0.15) is 6.04 Å². The summed E-state index contributed by atoms with van der Waals surface area (Å²) < 4.78 is 0. The molecule has 1 saturated heterocycles.